The monoisotopic (exact) mass is 462 g/mol. The Labute approximate surface area is 183 Å². The number of sulfonamides is 1. The van der Waals surface area contributed by atoms with Crippen LogP contribution in [0, 0.1) is 11.6 Å². The predicted octanol–water partition coefficient (Wildman–Crippen LogP) is 4.84. The molecule has 0 bridgehead atoms. The second kappa shape index (κ2) is 8.37. The summed E-state index contributed by atoms with van der Waals surface area (Å²) < 4.78 is 55.9. The zero-order chi connectivity index (χ0) is 22.2. The Balaban J connectivity index is 1.62. The van der Waals surface area contributed by atoms with Crippen molar-refractivity contribution >= 4 is 33.2 Å². The number of carbonyl (C=O) groups is 1. The van der Waals surface area contributed by atoms with Crippen molar-refractivity contribution in [2.75, 3.05) is 5.32 Å². The van der Waals surface area contributed by atoms with Crippen LogP contribution in [0.4, 0.5) is 14.5 Å². The number of halogens is 3. The zero-order valence-electron chi connectivity index (χ0n) is 16.0. The molecule has 3 aromatic rings. The fourth-order valence-corrected chi connectivity index (χ4v) is 5.12. The van der Waals surface area contributed by atoms with Gasteiger partial charge in [-0.25, -0.2) is 21.9 Å². The third kappa shape index (κ3) is 4.32. The lowest BCUT2D eigenvalue weighted by Crippen LogP contribution is -2.28. The van der Waals surface area contributed by atoms with Gasteiger partial charge in [0.2, 0.25) is 10.0 Å². The quantitative estimate of drug-likeness (QED) is 0.570. The molecule has 9 heteroatoms. The maximum atomic E-state index is 14.7. The van der Waals surface area contributed by atoms with E-state index in [1.165, 1.54) is 30.3 Å². The summed E-state index contributed by atoms with van der Waals surface area (Å²) >= 11 is 5.75. The average molecular weight is 463 g/mol. The van der Waals surface area contributed by atoms with E-state index in [0.717, 1.165) is 12.1 Å². The van der Waals surface area contributed by atoms with E-state index in [4.69, 9.17) is 11.6 Å². The molecule has 1 unspecified atom stereocenters. The number of anilines is 1. The molecule has 0 saturated carbocycles. The highest BCUT2D eigenvalue weighted by molar-refractivity contribution is 7.89. The van der Waals surface area contributed by atoms with Gasteiger partial charge in [0.1, 0.15) is 11.6 Å². The maximum absolute atomic E-state index is 14.7. The number of nitrogens with one attached hydrogen (secondary N) is 2. The Morgan fingerprint density at radius 2 is 1.71 bits per heavy atom. The lowest BCUT2D eigenvalue weighted by Gasteiger charge is -2.16. The summed E-state index contributed by atoms with van der Waals surface area (Å²) in [7, 11) is -3.86. The Morgan fingerprint density at radius 3 is 2.42 bits per heavy atom. The highest BCUT2D eigenvalue weighted by Crippen LogP contribution is 2.37. The summed E-state index contributed by atoms with van der Waals surface area (Å²) in [6.07, 6.45) is 0.632. The van der Waals surface area contributed by atoms with E-state index in [0.29, 0.717) is 18.4 Å². The first-order valence-electron chi connectivity index (χ1n) is 9.41. The van der Waals surface area contributed by atoms with E-state index in [9.17, 15) is 22.0 Å². The molecule has 31 heavy (non-hydrogen) atoms. The van der Waals surface area contributed by atoms with Gasteiger partial charge >= 0.3 is 0 Å². The van der Waals surface area contributed by atoms with Crippen LogP contribution in [0.1, 0.15) is 33.9 Å². The van der Waals surface area contributed by atoms with Crippen molar-refractivity contribution in [1.82, 2.24) is 4.72 Å². The van der Waals surface area contributed by atoms with Gasteiger partial charge in [0.15, 0.2) is 0 Å². The van der Waals surface area contributed by atoms with E-state index in [2.05, 4.69) is 10.0 Å². The van der Waals surface area contributed by atoms with Gasteiger partial charge in [0.05, 0.1) is 16.0 Å². The molecule has 1 amide bonds. The first-order chi connectivity index (χ1) is 14.8. The Kier molecular flexibility index (Phi) is 5.79. The molecule has 4 rings (SSSR count). The molecule has 0 radical (unpaired) electrons. The van der Waals surface area contributed by atoms with Gasteiger partial charge in [-0.1, -0.05) is 29.8 Å². The van der Waals surface area contributed by atoms with Gasteiger partial charge in [0.25, 0.3) is 5.91 Å². The lowest BCUT2D eigenvalue weighted by atomic mass is 10.0. The number of amides is 1. The fraction of sp³-hybridized carbons (Fsp3) is 0.136. The molecule has 0 fully saturated rings. The molecule has 0 aromatic heterocycles. The second-order valence-corrected chi connectivity index (χ2v) is 9.22. The molecule has 2 N–H and O–H groups in total. The molecule has 3 aromatic carbocycles. The summed E-state index contributed by atoms with van der Waals surface area (Å²) in [6, 6.07) is 13.2. The van der Waals surface area contributed by atoms with Crippen LogP contribution >= 0.6 is 11.6 Å². The van der Waals surface area contributed by atoms with Crippen LogP contribution in [0.25, 0.3) is 0 Å². The van der Waals surface area contributed by atoms with Gasteiger partial charge < -0.3 is 5.32 Å². The molecular formula is C22H17ClF2N2O3S. The van der Waals surface area contributed by atoms with Crippen LogP contribution in [-0.4, -0.2) is 14.3 Å². The zero-order valence-corrected chi connectivity index (χ0v) is 17.6. The topological polar surface area (TPSA) is 75.3 Å². The van der Waals surface area contributed by atoms with Crippen LogP contribution in [0.5, 0.6) is 0 Å². The lowest BCUT2D eigenvalue weighted by molar-refractivity contribution is 0.102. The summed E-state index contributed by atoms with van der Waals surface area (Å²) in [5.74, 6) is -1.73. The predicted molar refractivity (Wildman–Crippen MR) is 114 cm³/mol. The van der Waals surface area contributed by atoms with Gasteiger partial charge in [-0.3, -0.25) is 4.79 Å². The van der Waals surface area contributed by atoms with E-state index >= 15 is 0 Å². The molecule has 1 aliphatic rings. The van der Waals surface area contributed by atoms with Crippen LogP contribution in [0.3, 0.4) is 0 Å². The fourth-order valence-electron chi connectivity index (χ4n) is 3.67. The molecule has 0 spiro atoms. The summed E-state index contributed by atoms with van der Waals surface area (Å²) in [6.45, 7) is 0. The minimum Gasteiger partial charge on any atom is -0.322 e. The highest BCUT2D eigenvalue weighted by Gasteiger charge is 2.33. The van der Waals surface area contributed by atoms with Gasteiger partial charge in [-0.2, -0.15) is 0 Å². The largest absolute Gasteiger partial charge is 0.322 e. The Bertz CT molecular complexity index is 1270. The normalized spacial score (nSPS) is 15.5. The van der Waals surface area contributed by atoms with Gasteiger partial charge in [0, 0.05) is 16.8 Å². The smallest absolute Gasteiger partial charge is 0.255 e. The Hall–Kier alpha value is -2.81. The maximum Gasteiger partial charge on any atom is 0.255 e. The summed E-state index contributed by atoms with van der Waals surface area (Å²) in [5.41, 5.74) is 1.10. The minimum absolute atomic E-state index is 0.0749. The van der Waals surface area contributed by atoms with Crippen molar-refractivity contribution in [2.24, 2.45) is 0 Å². The molecular weight excluding hydrogens is 446 g/mol. The first kappa shape index (κ1) is 21.4. The number of fused-ring (bicyclic) bond motifs is 1. The van der Waals surface area contributed by atoms with Crippen molar-refractivity contribution in [3.05, 3.63) is 94.0 Å². The number of benzene rings is 3. The molecule has 0 aliphatic heterocycles. The van der Waals surface area contributed by atoms with Crippen LogP contribution in [0.15, 0.2) is 65.6 Å². The molecule has 1 aliphatic carbocycles. The average Bonchev–Trinajstić information content (AvgIpc) is 3.15. The first-order valence-corrected chi connectivity index (χ1v) is 11.3. The molecule has 160 valence electrons. The van der Waals surface area contributed by atoms with Crippen LogP contribution in [0.2, 0.25) is 5.02 Å². The Morgan fingerprint density at radius 1 is 1.00 bits per heavy atom. The van der Waals surface area contributed by atoms with E-state index in [1.54, 1.807) is 18.2 Å². The third-order valence-electron chi connectivity index (χ3n) is 5.11. The van der Waals surface area contributed by atoms with Crippen molar-refractivity contribution < 1.29 is 22.0 Å². The number of hydrogen-bond donors (Lipinski definition) is 2. The second-order valence-electron chi connectivity index (χ2n) is 7.10. The van der Waals surface area contributed by atoms with Gasteiger partial charge in [-0.05, 0) is 60.9 Å². The van der Waals surface area contributed by atoms with Crippen LogP contribution < -0.4 is 10.0 Å². The van der Waals surface area contributed by atoms with Crippen molar-refractivity contribution in [1.29, 1.82) is 0 Å². The molecule has 1 atom stereocenters. The van der Waals surface area contributed by atoms with Crippen molar-refractivity contribution in [3.63, 3.8) is 0 Å². The number of carbonyl (C=O) groups excluding carboxylic acids is 1. The molecule has 0 saturated heterocycles. The van der Waals surface area contributed by atoms with Crippen molar-refractivity contribution in [3.8, 4) is 0 Å². The molecule has 0 heterocycles. The highest BCUT2D eigenvalue weighted by atomic mass is 35.5. The number of hydrogen-bond acceptors (Lipinski definition) is 3. The van der Waals surface area contributed by atoms with Crippen LogP contribution in [-0.2, 0) is 16.4 Å². The standard InChI is InChI=1S/C22H17ClF2N2O3S/c23-17-12-13(6-9-18(17)24)26-22(28)16-7-10-19(25)21-15(16)8-11-20(21)27-31(29,30)14-4-2-1-3-5-14/h1-7,9-10,12,20,27H,8,11H2,(H,26,28). The van der Waals surface area contributed by atoms with Crippen molar-refractivity contribution in [2.45, 2.75) is 23.8 Å². The molecule has 5 nitrogen and oxygen atoms in total. The minimum atomic E-state index is -3.86. The summed E-state index contributed by atoms with van der Waals surface area (Å²) in [5, 5.41) is 2.47. The number of rotatable bonds is 5. The van der Waals surface area contributed by atoms with E-state index < -0.39 is 33.6 Å². The SMILES string of the molecule is O=C(Nc1ccc(F)c(Cl)c1)c1ccc(F)c2c1CCC2NS(=O)(=O)c1ccccc1. The van der Waals surface area contributed by atoms with E-state index in [-0.39, 0.29) is 26.7 Å². The van der Waals surface area contributed by atoms with Gasteiger partial charge in [-0.15, -0.1) is 0 Å². The third-order valence-corrected chi connectivity index (χ3v) is 6.89. The summed E-state index contributed by atoms with van der Waals surface area (Å²) in [4.78, 5) is 12.9. The van der Waals surface area contributed by atoms with E-state index in [1.807, 2.05) is 0 Å².